The zero-order valence-electron chi connectivity index (χ0n) is 23.3. The van der Waals surface area contributed by atoms with E-state index in [9.17, 15) is 9.59 Å². The fourth-order valence-electron chi connectivity index (χ4n) is 4.65. The molecule has 0 spiro atoms. The number of hydrogen-bond donors (Lipinski definition) is 1. The number of nitrogens with one attached hydrogen (secondary N) is 1. The van der Waals surface area contributed by atoms with Crippen molar-refractivity contribution < 1.29 is 23.8 Å². The molecule has 2 fully saturated rings. The predicted molar refractivity (Wildman–Crippen MR) is 142 cm³/mol. The third kappa shape index (κ3) is 8.72. The predicted octanol–water partition coefficient (Wildman–Crippen LogP) is 4.18. The molecule has 1 aromatic heterocycles. The molecule has 2 aliphatic rings. The minimum Gasteiger partial charge on any atom is -0.476 e. The molecule has 3 rings (SSSR count). The van der Waals surface area contributed by atoms with Crippen LogP contribution in [0.5, 0.6) is 11.8 Å². The summed E-state index contributed by atoms with van der Waals surface area (Å²) < 4.78 is 16.9. The van der Waals surface area contributed by atoms with Crippen LogP contribution in [-0.4, -0.2) is 77.9 Å². The van der Waals surface area contributed by atoms with Crippen molar-refractivity contribution in [1.82, 2.24) is 20.2 Å². The van der Waals surface area contributed by atoms with E-state index in [2.05, 4.69) is 20.2 Å². The number of piperidine rings is 1. The lowest BCUT2D eigenvalue weighted by molar-refractivity contribution is -0.124. The van der Waals surface area contributed by atoms with Gasteiger partial charge in [-0.25, -0.2) is 4.79 Å². The van der Waals surface area contributed by atoms with E-state index in [1.54, 1.807) is 4.90 Å². The van der Waals surface area contributed by atoms with Crippen LogP contribution < -0.4 is 19.7 Å². The van der Waals surface area contributed by atoms with E-state index in [4.69, 9.17) is 14.2 Å². The van der Waals surface area contributed by atoms with Crippen molar-refractivity contribution in [1.29, 1.82) is 0 Å². The summed E-state index contributed by atoms with van der Waals surface area (Å²) in [6.07, 6.45) is 7.63. The quantitative estimate of drug-likeness (QED) is 0.410. The van der Waals surface area contributed by atoms with Crippen LogP contribution >= 0.6 is 0 Å². The standard InChI is InChI=1S/C27H45N5O5/c1-6-35-23-22(24(36-7-2)29-19-28-23)32(25(33)20-11-10-12-20)16-9-8-15-31-17-13-21(14-18-31)30-26(34)37-27(3,4)5/h19-21H,6-18H2,1-5H3,(H,30,34). The third-order valence-corrected chi connectivity index (χ3v) is 6.72. The van der Waals surface area contributed by atoms with Crippen molar-refractivity contribution in [3.8, 4) is 11.8 Å². The second kappa shape index (κ2) is 13.8. The molecule has 2 heterocycles. The normalized spacial score (nSPS) is 17.1. The number of hydrogen-bond acceptors (Lipinski definition) is 8. The minimum atomic E-state index is -0.489. The zero-order chi connectivity index (χ0) is 26.8. The Kier molecular flexibility index (Phi) is 10.8. The molecule has 0 radical (unpaired) electrons. The highest BCUT2D eigenvalue weighted by Crippen LogP contribution is 2.38. The molecule has 208 valence electrons. The van der Waals surface area contributed by atoms with Gasteiger partial charge in [0.05, 0.1) is 13.2 Å². The van der Waals surface area contributed by atoms with Crippen LogP contribution in [0.15, 0.2) is 6.33 Å². The van der Waals surface area contributed by atoms with Crippen LogP contribution in [0.2, 0.25) is 0 Å². The van der Waals surface area contributed by atoms with Crippen LogP contribution in [-0.2, 0) is 9.53 Å². The summed E-state index contributed by atoms with van der Waals surface area (Å²) in [5, 5.41) is 2.99. The van der Waals surface area contributed by atoms with Gasteiger partial charge in [0, 0.05) is 31.6 Å². The van der Waals surface area contributed by atoms with Crippen LogP contribution in [0.25, 0.3) is 0 Å². The molecule has 0 bridgehead atoms. The summed E-state index contributed by atoms with van der Waals surface area (Å²) >= 11 is 0. The average molecular weight is 520 g/mol. The van der Waals surface area contributed by atoms with Crippen molar-refractivity contribution in [2.75, 3.05) is 44.3 Å². The molecule has 1 aliphatic carbocycles. The van der Waals surface area contributed by atoms with E-state index in [0.29, 0.717) is 37.2 Å². The van der Waals surface area contributed by atoms with Crippen molar-refractivity contribution in [2.24, 2.45) is 5.92 Å². The number of nitrogens with zero attached hydrogens (tertiary/aromatic N) is 4. The first kappa shape index (κ1) is 28.9. The van der Waals surface area contributed by atoms with Gasteiger partial charge in [-0.05, 0) is 79.7 Å². The van der Waals surface area contributed by atoms with Gasteiger partial charge >= 0.3 is 6.09 Å². The first-order valence-electron chi connectivity index (χ1n) is 13.9. The molecule has 1 aromatic rings. The Hall–Kier alpha value is -2.62. The average Bonchev–Trinajstić information content (AvgIpc) is 2.79. The zero-order valence-corrected chi connectivity index (χ0v) is 23.3. The van der Waals surface area contributed by atoms with Crippen molar-refractivity contribution in [3.05, 3.63) is 6.33 Å². The van der Waals surface area contributed by atoms with Gasteiger partial charge in [-0.2, -0.15) is 9.97 Å². The molecule has 10 nitrogen and oxygen atoms in total. The maximum atomic E-state index is 13.4. The second-order valence-electron chi connectivity index (χ2n) is 10.8. The number of aromatic nitrogens is 2. The number of carbonyl (C=O) groups is 2. The number of ether oxygens (including phenoxy) is 3. The lowest BCUT2D eigenvalue weighted by Gasteiger charge is -2.34. The summed E-state index contributed by atoms with van der Waals surface area (Å²) in [4.78, 5) is 38.4. The lowest BCUT2D eigenvalue weighted by Crippen LogP contribution is -2.46. The van der Waals surface area contributed by atoms with Crippen molar-refractivity contribution >= 4 is 17.7 Å². The van der Waals surface area contributed by atoms with Crippen LogP contribution in [0.1, 0.15) is 79.6 Å². The van der Waals surface area contributed by atoms with E-state index in [-0.39, 0.29) is 24.0 Å². The molecule has 0 unspecified atom stereocenters. The topological polar surface area (TPSA) is 106 Å². The molecule has 0 atom stereocenters. The number of alkyl carbamates (subject to hydrolysis) is 1. The Morgan fingerprint density at radius 2 is 1.65 bits per heavy atom. The number of anilines is 1. The van der Waals surface area contributed by atoms with Gasteiger partial charge in [0.2, 0.25) is 17.7 Å². The fourth-order valence-corrected chi connectivity index (χ4v) is 4.65. The second-order valence-corrected chi connectivity index (χ2v) is 10.8. The number of amides is 2. The number of likely N-dealkylation sites (tertiary alicyclic amines) is 1. The molecule has 1 N–H and O–H groups in total. The van der Waals surface area contributed by atoms with Gasteiger partial charge in [0.1, 0.15) is 11.9 Å². The van der Waals surface area contributed by atoms with E-state index >= 15 is 0 Å². The number of rotatable bonds is 12. The van der Waals surface area contributed by atoms with Gasteiger partial charge in [0.25, 0.3) is 0 Å². The molecule has 1 aliphatic heterocycles. The summed E-state index contributed by atoms with van der Waals surface area (Å²) in [5.41, 5.74) is 0.0642. The molecule has 1 saturated carbocycles. The monoisotopic (exact) mass is 519 g/mol. The van der Waals surface area contributed by atoms with Crippen molar-refractivity contribution in [2.45, 2.75) is 91.2 Å². The van der Waals surface area contributed by atoms with E-state index in [0.717, 1.165) is 64.6 Å². The molecular formula is C27H45N5O5. The molecule has 1 saturated heterocycles. The first-order valence-corrected chi connectivity index (χ1v) is 13.9. The first-order chi connectivity index (χ1) is 17.7. The summed E-state index contributed by atoms with van der Waals surface area (Å²) in [6.45, 7) is 13.7. The van der Waals surface area contributed by atoms with E-state index in [1.807, 2.05) is 34.6 Å². The van der Waals surface area contributed by atoms with Crippen LogP contribution in [0.3, 0.4) is 0 Å². The fraction of sp³-hybridized carbons (Fsp3) is 0.778. The Morgan fingerprint density at radius 3 is 2.16 bits per heavy atom. The molecule has 0 aromatic carbocycles. The Bertz CT molecular complexity index is 854. The highest BCUT2D eigenvalue weighted by molar-refractivity contribution is 5.97. The van der Waals surface area contributed by atoms with Gasteiger partial charge in [0.15, 0.2) is 5.69 Å². The smallest absolute Gasteiger partial charge is 0.407 e. The number of unbranched alkanes of at least 4 members (excludes halogenated alkanes) is 1. The molecular weight excluding hydrogens is 474 g/mol. The van der Waals surface area contributed by atoms with E-state index < -0.39 is 5.60 Å². The van der Waals surface area contributed by atoms with Gasteiger partial charge < -0.3 is 29.3 Å². The molecule has 10 heteroatoms. The highest BCUT2D eigenvalue weighted by atomic mass is 16.6. The van der Waals surface area contributed by atoms with E-state index in [1.165, 1.54) is 6.33 Å². The lowest BCUT2D eigenvalue weighted by atomic mass is 9.84. The van der Waals surface area contributed by atoms with Crippen LogP contribution in [0.4, 0.5) is 10.5 Å². The summed E-state index contributed by atoms with van der Waals surface area (Å²) in [7, 11) is 0. The van der Waals surface area contributed by atoms with Crippen LogP contribution in [0, 0.1) is 5.92 Å². The highest BCUT2D eigenvalue weighted by Gasteiger charge is 2.34. The van der Waals surface area contributed by atoms with Gasteiger partial charge in [-0.1, -0.05) is 6.42 Å². The SMILES string of the molecule is CCOc1ncnc(OCC)c1N(CCCCN1CCC(NC(=O)OC(C)(C)C)CC1)C(=O)C1CCC1. The molecule has 37 heavy (non-hydrogen) atoms. The Balaban J connectivity index is 1.54. The maximum absolute atomic E-state index is 13.4. The van der Waals surface area contributed by atoms with Gasteiger partial charge in [-0.15, -0.1) is 0 Å². The maximum Gasteiger partial charge on any atom is 0.407 e. The van der Waals surface area contributed by atoms with Crippen molar-refractivity contribution in [3.63, 3.8) is 0 Å². The largest absolute Gasteiger partial charge is 0.476 e. The minimum absolute atomic E-state index is 0.0423. The number of carbonyl (C=O) groups excluding carboxylic acids is 2. The molecule has 2 amide bonds. The third-order valence-electron chi connectivity index (χ3n) is 6.72. The Morgan fingerprint density at radius 1 is 1.03 bits per heavy atom. The summed E-state index contributed by atoms with van der Waals surface area (Å²) in [6, 6.07) is 0.147. The Labute approximate surface area is 221 Å². The van der Waals surface area contributed by atoms with Gasteiger partial charge in [-0.3, -0.25) is 4.79 Å². The summed E-state index contributed by atoms with van der Waals surface area (Å²) in [5.74, 6) is 0.944.